The molecule has 1 atom stereocenters. The molecular weight excluding hydrogens is 504 g/mol. The summed E-state index contributed by atoms with van der Waals surface area (Å²) in [7, 11) is 1.65. The summed E-state index contributed by atoms with van der Waals surface area (Å²) in [6.07, 6.45) is 2.12. The Hall–Kier alpha value is -2.77. The summed E-state index contributed by atoms with van der Waals surface area (Å²) in [6.45, 7) is 3.78. The maximum Gasteiger partial charge on any atom is 0.306 e. The average molecular weight is 539 g/mol. The minimum atomic E-state index is -0.182. The first kappa shape index (κ1) is 31.3. The summed E-state index contributed by atoms with van der Waals surface area (Å²) < 4.78 is 19.4. The Kier molecular flexibility index (Phi) is 13.3. The van der Waals surface area contributed by atoms with E-state index in [4.69, 9.17) is 14.2 Å². The van der Waals surface area contributed by atoms with Crippen molar-refractivity contribution < 1.29 is 30.0 Å². The smallest absolute Gasteiger partial charge is 0.306 e. The lowest BCUT2D eigenvalue weighted by Crippen LogP contribution is -2.14. The first-order chi connectivity index (χ1) is 16.2. The summed E-state index contributed by atoms with van der Waals surface area (Å²) in [5.41, 5.74) is 2.75. The molecule has 4 rings (SSSR count). The highest BCUT2D eigenvalue weighted by molar-refractivity contribution is 8.15. The summed E-state index contributed by atoms with van der Waals surface area (Å²) in [5, 5.41) is 2.85. The van der Waals surface area contributed by atoms with Crippen LogP contribution in [-0.4, -0.2) is 70.7 Å². The summed E-state index contributed by atoms with van der Waals surface area (Å²) in [4.78, 5) is 24.3. The van der Waals surface area contributed by atoms with E-state index in [0.717, 1.165) is 38.1 Å². The SMILES string of the molecule is C.CCOC(=O)CC1CN=C(c2cc3cc(OCCOC)cc(NSc4ccccn4)c3[nH]2)S1.O.O. The molecular formula is C24H34N4O6S2. The number of esters is 1. The number of rotatable bonds is 11. The van der Waals surface area contributed by atoms with Crippen LogP contribution in [0.4, 0.5) is 5.69 Å². The molecule has 1 aliphatic heterocycles. The van der Waals surface area contributed by atoms with Crippen molar-refractivity contribution in [1.29, 1.82) is 0 Å². The number of carbonyl (C=O) groups excluding carboxylic acids is 1. The molecule has 0 spiro atoms. The number of aromatic amines is 1. The number of hydrogen-bond donors (Lipinski definition) is 2. The van der Waals surface area contributed by atoms with E-state index in [0.29, 0.717) is 32.8 Å². The molecule has 6 N–H and O–H groups in total. The van der Waals surface area contributed by atoms with Crippen LogP contribution in [0.1, 0.15) is 26.5 Å². The van der Waals surface area contributed by atoms with Crippen LogP contribution in [0, 0.1) is 0 Å². The van der Waals surface area contributed by atoms with Gasteiger partial charge in [-0.1, -0.05) is 25.3 Å². The molecule has 2 aromatic heterocycles. The van der Waals surface area contributed by atoms with Crippen molar-refractivity contribution >= 4 is 51.3 Å². The van der Waals surface area contributed by atoms with Gasteiger partial charge in [0, 0.05) is 42.0 Å². The highest BCUT2D eigenvalue weighted by atomic mass is 32.2. The minimum absolute atomic E-state index is 0. The van der Waals surface area contributed by atoms with E-state index in [1.165, 1.54) is 11.9 Å². The van der Waals surface area contributed by atoms with Crippen LogP contribution in [0.25, 0.3) is 10.9 Å². The van der Waals surface area contributed by atoms with Gasteiger partial charge in [-0.25, -0.2) is 4.98 Å². The quantitative estimate of drug-likeness (QED) is 0.213. The van der Waals surface area contributed by atoms with Crippen LogP contribution in [0.2, 0.25) is 0 Å². The Morgan fingerprint density at radius 3 is 2.81 bits per heavy atom. The van der Waals surface area contributed by atoms with Gasteiger partial charge >= 0.3 is 5.97 Å². The summed E-state index contributed by atoms with van der Waals surface area (Å²) in [6, 6.07) is 11.8. The molecule has 36 heavy (non-hydrogen) atoms. The number of H-pyrrole nitrogens is 1. The van der Waals surface area contributed by atoms with Crippen LogP contribution < -0.4 is 9.46 Å². The minimum Gasteiger partial charge on any atom is -0.491 e. The zero-order valence-corrected chi connectivity index (χ0v) is 21.1. The fourth-order valence-electron chi connectivity index (χ4n) is 3.33. The van der Waals surface area contributed by atoms with Gasteiger partial charge in [0.05, 0.1) is 43.1 Å². The second kappa shape index (κ2) is 15.4. The van der Waals surface area contributed by atoms with E-state index in [1.54, 1.807) is 25.1 Å². The van der Waals surface area contributed by atoms with Crippen LogP contribution >= 0.6 is 23.7 Å². The van der Waals surface area contributed by atoms with E-state index in [1.807, 2.05) is 37.3 Å². The molecule has 0 aliphatic carbocycles. The maximum atomic E-state index is 11.8. The van der Waals surface area contributed by atoms with Gasteiger partial charge in [-0.2, -0.15) is 0 Å². The maximum absolute atomic E-state index is 11.8. The number of aromatic nitrogens is 2. The predicted octanol–water partition coefficient (Wildman–Crippen LogP) is 3.51. The molecule has 198 valence electrons. The number of aliphatic imine (C=N–C) groups is 1. The molecule has 3 heterocycles. The molecule has 10 nitrogen and oxygen atoms in total. The third kappa shape index (κ3) is 8.14. The number of carbonyl (C=O) groups is 1. The Morgan fingerprint density at radius 1 is 1.25 bits per heavy atom. The number of nitrogens with one attached hydrogen (secondary N) is 2. The van der Waals surface area contributed by atoms with Crippen molar-refractivity contribution in [2.24, 2.45) is 4.99 Å². The largest absolute Gasteiger partial charge is 0.491 e. The second-order valence-corrected chi connectivity index (χ2v) is 9.34. The van der Waals surface area contributed by atoms with E-state index >= 15 is 0 Å². The van der Waals surface area contributed by atoms with Crippen LogP contribution in [0.15, 0.2) is 52.6 Å². The third-order valence-corrected chi connectivity index (χ3v) is 6.80. The topological polar surface area (TPSA) is 161 Å². The third-order valence-electron chi connectivity index (χ3n) is 4.81. The summed E-state index contributed by atoms with van der Waals surface area (Å²) >= 11 is 3.04. The van der Waals surface area contributed by atoms with Crippen molar-refractivity contribution in [3.8, 4) is 5.75 Å². The Labute approximate surface area is 219 Å². The second-order valence-electron chi connectivity index (χ2n) is 7.23. The molecule has 0 bridgehead atoms. The van der Waals surface area contributed by atoms with Gasteiger partial charge in [-0.15, -0.1) is 0 Å². The van der Waals surface area contributed by atoms with Crippen molar-refractivity contribution in [2.75, 3.05) is 38.2 Å². The molecule has 1 aliphatic rings. The molecule has 1 unspecified atom stereocenters. The van der Waals surface area contributed by atoms with E-state index in [9.17, 15) is 4.79 Å². The van der Waals surface area contributed by atoms with Crippen molar-refractivity contribution in [2.45, 2.75) is 31.0 Å². The molecule has 0 radical (unpaired) electrons. The fraction of sp³-hybridized carbons (Fsp3) is 0.375. The molecule has 0 saturated carbocycles. The van der Waals surface area contributed by atoms with Crippen LogP contribution in [-0.2, 0) is 14.3 Å². The van der Waals surface area contributed by atoms with E-state index < -0.39 is 0 Å². The van der Waals surface area contributed by atoms with Gasteiger partial charge in [-0.05, 0) is 31.2 Å². The normalized spacial score (nSPS) is 14.2. The van der Waals surface area contributed by atoms with Gasteiger partial charge < -0.3 is 34.9 Å². The molecule has 0 amide bonds. The van der Waals surface area contributed by atoms with E-state index in [-0.39, 0.29) is 29.6 Å². The number of thioether (sulfide) groups is 1. The Morgan fingerprint density at radius 2 is 2.08 bits per heavy atom. The zero-order chi connectivity index (χ0) is 23.0. The monoisotopic (exact) mass is 538 g/mol. The number of anilines is 1. The number of fused-ring (bicyclic) bond motifs is 1. The van der Waals surface area contributed by atoms with Crippen LogP contribution in [0.3, 0.4) is 0 Å². The fourth-order valence-corrected chi connectivity index (χ4v) is 5.04. The molecule has 0 saturated heterocycles. The highest BCUT2D eigenvalue weighted by Gasteiger charge is 2.25. The zero-order valence-electron chi connectivity index (χ0n) is 19.5. The highest BCUT2D eigenvalue weighted by Crippen LogP contribution is 2.35. The lowest BCUT2D eigenvalue weighted by Gasteiger charge is -2.10. The lowest BCUT2D eigenvalue weighted by atomic mass is 10.2. The van der Waals surface area contributed by atoms with E-state index in [2.05, 4.69) is 25.7 Å². The number of pyridine rings is 1. The number of methoxy groups -OCH3 is 1. The Balaban J connectivity index is 0.00000216. The van der Waals surface area contributed by atoms with Gasteiger partial charge in [0.1, 0.15) is 22.4 Å². The van der Waals surface area contributed by atoms with Gasteiger partial charge in [0.2, 0.25) is 0 Å². The van der Waals surface area contributed by atoms with Crippen molar-refractivity contribution in [3.05, 3.63) is 48.3 Å². The van der Waals surface area contributed by atoms with Gasteiger partial charge in [-0.3, -0.25) is 9.79 Å². The molecule has 12 heteroatoms. The molecule has 1 aromatic carbocycles. The standard InChI is InChI=1S/C23H26N4O4S2.CH4.2H2O/c1-3-30-21(28)13-17-14-25-23(32-17)19-11-15-10-16(31-9-8-29-2)12-18(22(15)26-19)27-33-20-6-4-5-7-24-20;;;/h4-7,10-12,17,26-27H,3,8-9,13-14H2,1-2H3;1H4;2*1H2. The lowest BCUT2D eigenvalue weighted by molar-refractivity contribution is -0.143. The molecule has 3 aromatic rings. The van der Waals surface area contributed by atoms with Crippen LogP contribution in [0.5, 0.6) is 5.75 Å². The summed E-state index contributed by atoms with van der Waals surface area (Å²) in [5.74, 6) is 0.564. The van der Waals surface area contributed by atoms with Crippen molar-refractivity contribution in [3.63, 3.8) is 0 Å². The molecule has 0 fully saturated rings. The number of ether oxygens (including phenoxy) is 3. The Bertz CT molecular complexity index is 1130. The van der Waals surface area contributed by atoms with Crippen molar-refractivity contribution in [1.82, 2.24) is 9.97 Å². The van der Waals surface area contributed by atoms with Gasteiger partial charge in [0.25, 0.3) is 0 Å². The van der Waals surface area contributed by atoms with Gasteiger partial charge in [0.15, 0.2) is 0 Å². The number of nitrogens with zero attached hydrogens (tertiary/aromatic N) is 2. The predicted molar refractivity (Wildman–Crippen MR) is 147 cm³/mol. The first-order valence-corrected chi connectivity index (χ1v) is 12.4. The number of benzene rings is 1. The number of hydrogen-bond acceptors (Lipinski definition) is 9. The average Bonchev–Trinajstić information content (AvgIpc) is 3.45. The first-order valence-electron chi connectivity index (χ1n) is 10.7.